The zero-order valence-corrected chi connectivity index (χ0v) is 13.6. The van der Waals surface area contributed by atoms with Gasteiger partial charge in [0, 0.05) is 30.9 Å². The molecule has 1 aliphatic rings. The number of phenols is 1. The Morgan fingerprint density at radius 2 is 2.18 bits per heavy atom. The zero-order valence-electron chi connectivity index (χ0n) is 12.7. The number of benzene rings is 1. The van der Waals surface area contributed by atoms with E-state index in [-0.39, 0.29) is 0 Å². The third kappa shape index (κ3) is 3.48. The Morgan fingerprint density at radius 3 is 3.00 bits per heavy atom. The minimum atomic E-state index is 0.352. The van der Waals surface area contributed by atoms with Crippen molar-refractivity contribution in [2.75, 3.05) is 25.4 Å². The molecule has 0 saturated carbocycles. The van der Waals surface area contributed by atoms with Gasteiger partial charge in [-0.25, -0.2) is 4.98 Å². The van der Waals surface area contributed by atoms with Gasteiger partial charge in [0.25, 0.3) is 0 Å². The van der Waals surface area contributed by atoms with E-state index in [0.29, 0.717) is 10.9 Å². The Labute approximate surface area is 134 Å². The topological polar surface area (TPSA) is 62.4 Å². The molecule has 116 valence electrons. The molecule has 0 unspecified atom stereocenters. The smallest absolute Gasteiger partial charge is 0.180 e. The molecule has 0 bridgehead atoms. The molecule has 0 amide bonds. The summed E-state index contributed by atoms with van der Waals surface area (Å²) < 4.78 is 0. The van der Waals surface area contributed by atoms with Gasteiger partial charge in [0.15, 0.2) is 5.13 Å². The van der Waals surface area contributed by atoms with Crippen molar-refractivity contribution < 1.29 is 5.11 Å². The summed E-state index contributed by atoms with van der Waals surface area (Å²) >= 11 is 1.62. The third-order valence-electron chi connectivity index (χ3n) is 4.02. The molecule has 3 rings (SSSR count). The summed E-state index contributed by atoms with van der Waals surface area (Å²) in [7, 11) is 0. The first-order chi connectivity index (χ1) is 10.6. The van der Waals surface area contributed by atoms with E-state index in [4.69, 9.17) is 5.73 Å². The maximum Gasteiger partial charge on any atom is 0.180 e. The second-order valence-electron chi connectivity index (χ2n) is 5.67. The van der Waals surface area contributed by atoms with E-state index in [1.54, 1.807) is 17.4 Å². The summed E-state index contributed by atoms with van der Waals surface area (Å²) in [4.78, 5) is 8.18. The van der Waals surface area contributed by atoms with Gasteiger partial charge in [-0.15, -0.1) is 11.3 Å². The summed E-state index contributed by atoms with van der Waals surface area (Å²) in [6.45, 7) is 4.87. The number of nitrogens with two attached hydrogens (primary N) is 1. The van der Waals surface area contributed by atoms with Crippen molar-refractivity contribution in [3.63, 3.8) is 0 Å². The summed E-state index contributed by atoms with van der Waals surface area (Å²) in [5.74, 6) is 0.352. The lowest BCUT2D eigenvalue weighted by Gasteiger charge is -2.17. The number of fused-ring (bicyclic) bond motifs is 1. The first-order valence-corrected chi connectivity index (χ1v) is 8.36. The number of thiazole rings is 1. The summed E-state index contributed by atoms with van der Waals surface area (Å²) in [5.41, 5.74) is 8.89. The minimum absolute atomic E-state index is 0.352. The summed E-state index contributed by atoms with van der Waals surface area (Å²) in [6, 6.07) is 5.77. The highest BCUT2D eigenvalue weighted by molar-refractivity contribution is 7.15. The number of hydrogen-bond donors (Lipinski definition) is 2. The van der Waals surface area contributed by atoms with Crippen LogP contribution in [-0.4, -0.2) is 34.6 Å². The SMILES string of the molecule is Cc1ccc(C=CCN2CCc3nc(N)sc3CC2)cc1O. The lowest BCUT2D eigenvalue weighted by atomic mass is 10.1. The van der Waals surface area contributed by atoms with Gasteiger partial charge in [0.2, 0.25) is 0 Å². The van der Waals surface area contributed by atoms with E-state index in [2.05, 4.69) is 22.0 Å². The molecule has 1 aromatic carbocycles. The monoisotopic (exact) mass is 315 g/mol. The Kier molecular flexibility index (Phi) is 4.45. The number of anilines is 1. The van der Waals surface area contributed by atoms with Crippen molar-refractivity contribution in [3.8, 4) is 5.75 Å². The van der Waals surface area contributed by atoms with Gasteiger partial charge in [-0.1, -0.05) is 24.3 Å². The van der Waals surface area contributed by atoms with Crippen LogP contribution in [0.3, 0.4) is 0 Å². The van der Waals surface area contributed by atoms with Crippen LogP contribution in [0.25, 0.3) is 6.08 Å². The molecule has 1 aliphatic heterocycles. The van der Waals surface area contributed by atoms with E-state index in [9.17, 15) is 5.11 Å². The van der Waals surface area contributed by atoms with Gasteiger partial charge < -0.3 is 10.8 Å². The van der Waals surface area contributed by atoms with E-state index in [1.165, 1.54) is 10.6 Å². The lowest BCUT2D eigenvalue weighted by molar-refractivity contribution is 0.318. The van der Waals surface area contributed by atoms with Gasteiger partial charge in [0.1, 0.15) is 5.75 Å². The van der Waals surface area contributed by atoms with Crippen molar-refractivity contribution in [2.24, 2.45) is 0 Å². The first kappa shape index (κ1) is 15.1. The van der Waals surface area contributed by atoms with Crippen LogP contribution in [0, 0.1) is 6.92 Å². The number of phenolic OH excluding ortho intramolecular Hbond substituents is 1. The van der Waals surface area contributed by atoms with Crippen molar-refractivity contribution in [1.29, 1.82) is 0 Å². The van der Waals surface area contributed by atoms with Gasteiger partial charge in [-0.2, -0.15) is 0 Å². The fourth-order valence-corrected chi connectivity index (χ4v) is 3.55. The average Bonchev–Trinajstić information content (AvgIpc) is 2.75. The number of rotatable bonds is 3. The Hall–Kier alpha value is -1.85. The molecule has 0 atom stereocenters. The molecule has 1 aromatic heterocycles. The van der Waals surface area contributed by atoms with Gasteiger partial charge in [0.05, 0.1) is 5.69 Å². The van der Waals surface area contributed by atoms with Crippen molar-refractivity contribution in [3.05, 3.63) is 46.0 Å². The molecule has 0 fully saturated rings. The van der Waals surface area contributed by atoms with Crippen LogP contribution in [0.1, 0.15) is 21.7 Å². The molecule has 5 heteroatoms. The maximum atomic E-state index is 9.72. The second-order valence-corrected chi connectivity index (χ2v) is 6.79. The highest BCUT2D eigenvalue weighted by atomic mass is 32.1. The van der Waals surface area contributed by atoms with Crippen molar-refractivity contribution in [1.82, 2.24) is 9.88 Å². The number of nitrogen functional groups attached to an aromatic ring is 1. The standard InChI is InChI=1S/C17H21N3OS/c1-12-4-5-13(11-15(12)21)3-2-8-20-9-6-14-16(7-10-20)22-17(18)19-14/h2-5,11,21H,6-10H2,1H3,(H2,18,19). The second kappa shape index (κ2) is 6.50. The molecular formula is C17H21N3OS. The van der Waals surface area contributed by atoms with Crippen LogP contribution in [0.5, 0.6) is 5.75 Å². The summed E-state index contributed by atoms with van der Waals surface area (Å²) in [6.07, 6.45) is 6.23. The van der Waals surface area contributed by atoms with E-state index in [1.807, 2.05) is 19.1 Å². The van der Waals surface area contributed by atoms with Gasteiger partial charge >= 0.3 is 0 Å². The third-order valence-corrected chi connectivity index (χ3v) is 5.01. The largest absolute Gasteiger partial charge is 0.508 e. The lowest BCUT2D eigenvalue weighted by Crippen LogP contribution is -2.26. The number of aromatic hydroxyl groups is 1. The number of aryl methyl sites for hydroxylation is 1. The maximum absolute atomic E-state index is 9.72. The Bertz CT molecular complexity index is 668. The average molecular weight is 315 g/mol. The highest BCUT2D eigenvalue weighted by Gasteiger charge is 2.16. The molecule has 2 heterocycles. The molecule has 0 saturated heterocycles. The van der Waals surface area contributed by atoms with Crippen LogP contribution < -0.4 is 5.73 Å². The normalized spacial score (nSPS) is 15.9. The number of hydrogen-bond acceptors (Lipinski definition) is 5. The van der Waals surface area contributed by atoms with E-state index in [0.717, 1.165) is 43.6 Å². The molecule has 0 aliphatic carbocycles. The zero-order chi connectivity index (χ0) is 15.5. The van der Waals surface area contributed by atoms with Gasteiger partial charge in [-0.3, -0.25) is 4.90 Å². The van der Waals surface area contributed by atoms with Crippen molar-refractivity contribution >= 4 is 22.5 Å². The Balaban J connectivity index is 1.57. The van der Waals surface area contributed by atoms with Gasteiger partial charge in [-0.05, 0) is 30.5 Å². The van der Waals surface area contributed by atoms with Crippen LogP contribution in [0.15, 0.2) is 24.3 Å². The molecular weight excluding hydrogens is 294 g/mol. The molecule has 2 aromatic rings. The predicted octanol–water partition coefficient (Wildman–Crippen LogP) is 2.85. The quantitative estimate of drug-likeness (QED) is 0.914. The fourth-order valence-electron chi connectivity index (χ4n) is 2.68. The van der Waals surface area contributed by atoms with E-state index >= 15 is 0 Å². The van der Waals surface area contributed by atoms with Crippen LogP contribution in [-0.2, 0) is 12.8 Å². The number of aromatic nitrogens is 1. The highest BCUT2D eigenvalue weighted by Crippen LogP contribution is 2.24. The Morgan fingerprint density at radius 1 is 1.36 bits per heavy atom. The number of nitrogens with zero attached hydrogens (tertiary/aromatic N) is 2. The molecule has 3 N–H and O–H groups in total. The van der Waals surface area contributed by atoms with Crippen LogP contribution >= 0.6 is 11.3 Å². The first-order valence-electron chi connectivity index (χ1n) is 7.54. The van der Waals surface area contributed by atoms with Crippen LogP contribution in [0.2, 0.25) is 0 Å². The molecule has 22 heavy (non-hydrogen) atoms. The predicted molar refractivity (Wildman–Crippen MR) is 92.3 cm³/mol. The fraction of sp³-hybridized carbons (Fsp3) is 0.353. The van der Waals surface area contributed by atoms with Crippen molar-refractivity contribution in [2.45, 2.75) is 19.8 Å². The molecule has 4 nitrogen and oxygen atoms in total. The minimum Gasteiger partial charge on any atom is -0.508 e. The molecule has 0 spiro atoms. The molecule has 0 radical (unpaired) electrons. The van der Waals surface area contributed by atoms with E-state index < -0.39 is 0 Å². The summed E-state index contributed by atoms with van der Waals surface area (Å²) in [5, 5.41) is 10.4. The van der Waals surface area contributed by atoms with Crippen LogP contribution in [0.4, 0.5) is 5.13 Å².